The second-order valence-electron chi connectivity index (χ2n) is 5.66. The summed E-state index contributed by atoms with van der Waals surface area (Å²) in [5.41, 5.74) is 8.15. The molecule has 1 aliphatic rings. The minimum Gasteiger partial charge on any atom is -0.383 e. The Morgan fingerprint density at radius 1 is 1.20 bits per heavy atom. The molecular formula is C16H27N3O. The van der Waals surface area contributed by atoms with E-state index in [2.05, 4.69) is 16.9 Å². The van der Waals surface area contributed by atoms with Crippen molar-refractivity contribution in [1.29, 1.82) is 0 Å². The molecule has 1 unspecified atom stereocenters. The van der Waals surface area contributed by atoms with Gasteiger partial charge in [0.05, 0.1) is 0 Å². The highest BCUT2D eigenvalue weighted by molar-refractivity contribution is 5.42. The van der Waals surface area contributed by atoms with Crippen LogP contribution in [0.4, 0.5) is 5.82 Å². The van der Waals surface area contributed by atoms with Gasteiger partial charge >= 0.3 is 0 Å². The van der Waals surface area contributed by atoms with Gasteiger partial charge in [-0.25, -0.2) is 9.97 Å². The minimum atomic E-state index is 0.00667. The Kier molecular flexibility index (Phi) is 5.35. The summed E-state index contributed by atoms with van der Waals surface area (Å²) in [5, 5.41) is 0. The number of hydrogen-bond acceptors (Lipinski definition) is 4. The van der Waals surface area contributed by atoms with Gasteiger partial charge in [-0.3, -0.25) is 0 Å². The Balaban J connectivity index is 2.28. The lowest BCUT2D eigenvalue weighted by Gasteiger charge is -2.29. The summed E-state index contributed by atoms with van der Waals surface area (Å²) in [4.78, 5) is 9.22. The summed E-state index contributed by atoms with van der Waals surface area (Å²) in [5.74, 6) is 1.94. The molecule has 0 spiro atoms. The lowest BCUT2D eigenvalue weighted by Crippen LogP contribution is -2.22. The number of rotatable bonds is 5. The number of nitrogens with two attached hydrogens (primary N) is 1. The standard InChI is InChI=1S/C16H27N3O/c1-4-13-11(3)18-16(19-15(13)17)14(20-5-2)12-9-7-6-8-10-12/h12,14H,4-10H2,1-3H3,(H2,17,18,19). The Morgan fingerprint density at radius 2 is 1.90 bits per heavy atom. The van der Waals surface area contributed by atoms with Gasteiger partial charge < -0.3 is 10.5 Å². The van der Waals surface area contributed by atoms with E-state index in [1.807, 2.05) is 13.8 Å². The van der Waals surface area contributed by atoms with Crippen LogP contribution in [0.25, 0.3) is 0 Å². The van der Waals surface area contributed by atoms with Gasteiger partial charge in [0.1, 0.15) is 11.9 Å². The predicted octanol–water partition coefficient (Wildman–Crippen LogP) is 3.59. The van der Waals surface area contributed by atoms with Crippen LogP contribution >= 0.6 is 0 Å². The average Bonchev–Trinajstić information content (AvgIpc) is 2.45. The van der Waals surface area contributed by atoms with E-state index < -0.39 is 0 Å². The summed E-state index contributed by atoms with van der Waals surface area (Å²) < 4.78 is 5.97. The molecule has 1 fully saturated rings. The van der Waals surface area contributed by atoms with Crippen molar-refractivity contribution in [2.24, 2.45) is 5.92 Å². The topological polar surface area (TPSA) is 61.0 Å². The zero-order valence-corrected chi connectivity index (χ0v) is 13.0. The van der Waals surface area contributed by atoms with Crippen LogP contribution in [-0.4, -0.2) is 16.6 Å². The smallest absolute Gasteiger partial charge is 0.160 e. The first-order valence-corrected chi connectivity index (χ1v) is 7.91. The molecule has 112 valence electrons. The van der Waals surface area contributed by atoms with E-state index >= 15 is 0 Å². The van der Waals surface area contributed by atoms with Crippen LogP contribution in [0, 0.1) is 12.8 Å². The summed E-state index contributed by atoms with van der Waals surface area (Å²) in [7, 11) is 0. The lowest BCUT2D eigenvalue weighted by atomic mass is 9.84. The molecule has 1 aromatic heterocycles. The summed E-state index contributed by atoms with van der Waals surface area (Å²) >= 11 is 0. The van der Waals surface area contributed by atoms with Crippen molar-refractivity contribution in [1.82, 2.24) is 9.97 Å². The SMILES string of the molecule is CCOC(c1nc(C)c(CC)c(N)n1)C1CCCCC1. The van der Waals surface area contributed by atoms with Crippen LogP contribution in [0.3, 0.4) is 0 Å². The molecule has 20 heavy (non-hydrogen) atoms. The van der Waals surface area contributed by atoms with Gasteiger partial charge in [-0.1, -0.05) is 26.2 Å². The number of aromatic nitrogens is 2. The third-order valence-corrected chi connectivity index (χ3v) is 4.30. The molecule has 0 amide bonds. The van der Waals surface area contributed by atoms with Crippen LogP contribution in [-0.2, 0) is 11.2 Å². The van der Waals surface area contributed by atoms with Crippen LogP contribution in [0.1, 0.15) is 69.1 Å². The molecule has 1 saturated carbocycles. The third kappa shape index (κ3) is 3.29. The molecule has 0 aromatic carbocycles. The first-order chi connectivity index (χ1) is 9.67. The zero-order chi connectivity index (χ0) is 14.5. The molecule has 1 aliphatic carbocycles. The van der Waals surface area contributed by atoms with Crippen molar-refractivity contribution < 1.29 is 4.74 Å². The summed E-state index contributed by atoms with van der Waals surface area (Å²) in [6.07, 6.45) is 7.22. The lowest BCUT2D eigenvalue weighted by molar-refractivity contribution is -0.000212. The van der Waals surface area contributed by atoms with E-state index in [0.29, 0.717) is 18.3 Å². The van der Waals surface area contributed by atoms with Gasteiger partial charge in [-0.2, -0.15) is 0 Å². The Morgan fingerprint density at radius 3 is 2.45 bits per heavy atom. The number of hydrogen-bond donors (Lipinski definition) is 1. The van der Waals surface area contributed by atoms with Gasteiger partial charge in [-0.15, -0.1) is 0 Å². The molecule has 4 nitrogen and oxygen atoms in total. The van der Waals surface area contributed by atoms with Crippen molar-refractivity contribution >= 4 is 5.82 Å². The van der Waals surface area contributed by atoms with Crippen molar-refractivity contribution in [2.45, 2.75) is 65.4 Å². The highest BCUT2D eigenvalue weighted by Gasteiger charge is 2.28. The van der Waals surface area contributed by atoms with E-state index in [-0.39, 0.29) is 6.10 Å². The number of nitrogen functional groups attached to an aromatic ring is 1. The quantitative estimate of drug-likeness (QED) is 0.893. The maximum absolute atomic E-state index is 6.09. The van der Waals surface area contributed by atoms with Crippen molar-refractivity contribution in [2.75, 3.05) is 12.3 Å². The molecule has 0 bridgehead atoms. The molecule has 0 radical (unpaired) electrons. The molecule has 1 aromatic rings. The third-order valence-electron chi connectivity index (χ3n) is 4.30. The fraction of sp³-hybridized carbons (Fsp3) is 0.750. The molecule has 1 atom stereocenters. The number of aryl methyl sites for hydroxylation is 1. The first-order valence-electron chi connectivity index (χ1n) is 7.91. The molecule has 2 rings (SSSR count). The summed E-state index contributed by atoms with van der Waals surface area (Å²) in [6, 6.07) is 0. The van der Waals surface area contributed by atoms with Crippen LogP contribution < -0.4 is 5.73 Å². The second kappa shape index (κ2) is 7.02. The van der Waals surface area contributed by atoms with E-state index in [1.54, 1.807) is 0 Å². The molecule has 4 heteroatoms. The van der Waals surface area contributed by atoms with E-state index in [1.165, 1.54) is 32.1 Å². The molecule has 0 aliphatic heterocycles. The van der Waals surface area contributed by atoms with Crippen LogP contribution in [0.15, 0.2) is 0 Å². The van der Waals surface area contributed by atoms with Crippen molar-refractivity contribution in [3.05, 3.63) is 17.1 Å². The summed E-state index contributed by atoms with van der Waals surface area (Å²) in [6.45, 7) is 6.83. The van der Waals surface area contributed by atoms with Crippen LogP contribution in [0.2, 0.25) is 0 Å². The highest BCUT2D eigenvalue weighted by atomic mass is 16.5. The monoisotopic (exact) mass is 277 g/mol. The number of nitrogens with zero attached hydrogens (tertiary/aromatic N) is 2. The number of anilines is 1. The van der Waals surface area contributed by atoms with E-state index in [4.69, 9.17) is 10.5 Å². The van der Waals surface area contributed by atoms with Gasteiger partial charge in [-0.05, 0) is 39.0 Å². The molecular weight excluding hydrogens is 250 g/mol. The second-order valence-corrected chi connectivity index (χ2v) is 5.66. The van der Waals surface area contributed by atoms with Gasteiger partial charge in [0.2, 0.25) is 0 Å². The van der Waals surface area contributed by atoms with Gasteiger partial charge in [0, 0.05) is 17.9 Å². The van der Waals surface area contributed by atoms with Crippen molar-refractivity contribution in [3.8, 4) is 0 Å². The Hall–Kier alpha value is -1.16. The fourth-order valence-corrected chi connectivity index (χ4v) is 3.24. The Labute approximate surface area is 122 Å². The normalized spacial score (nSPS) is 18.1. The van der Waals surface area contributed by atoms with Gasteiger partial charge in [0.25, 0.3) is 0 Å². The highest BCUT2D eigenvalue weighted by Crippen LogP contribution is 2.36. The van der Waals surface area contributed by atoms with E-state index in [0.717, 1.165) is 23.5 Å². The molecule has 2 N–H and O–H groups in total. The van der Waals surface area contributed by atoms with Crippen LogP contribution in [0.5, 0.6) is 0 Å². The maximum Gasteiger partial charge on any atom is 0.160 e. The largest absolute Gasteiger partial charge is 0.383 e. The van der Waals surface area contributed by atoms with E-state index in [9.17, 15) is 0 Å². The minimum absolute atomic E-state index is 0.00667. The van der Waals surface area contributed by atoms with Crippen molar-refractivity contribution in [3.63, 3.8) is 0 Å². The molecule has 0 saturated heterocycles. The van der Waals surface area contributed by atoms with Gasteiger partial charge in [0.15, 0.2) is 5.82 Å². The number of ether oxygens (including phenoxy) is 1. The first kappa shape index (κ1) is 15.2. The average molecular weight is 277 g/mol. The Bertz CT molecular complexity index is 418. The predicted molar refractivity (Wildman–Crippen MR) is 81.5 cm³/mol. The fourth-order valence-electron chi connectivity index (χ4n) is 3.24. The maximum atomic E-state index is 6.09. The molecule has 1 heterocycles. The zero-order valence-electron chi connectivity index (χ0n) is 13.0.